The number of hydrogen-bond acceptors (Lipinski definition) is 3. The summed E-state index contributed by atoms with van der Waals surface area (Å²) >= 11 is 0. The molecule has 0 spiro atoms. The summed E-state index contributed by atoms with van der Waals surface area (Å²) in [5, 5.41) is 7.55. The van der Waals surface area contributed by atoms with Gasteiger partial charge in [-0.3, -0.25) is 9.97 Å². The Kier molecular flexibility index (Phi) is 3.51. The van der Waals surface area contributed by atoms with Crippen molar-refractivity contribution < 1.29 is 4.79 Å². The first-order valence-electron chi connectivity index (χ1n) is 7.56. The van der Waals surface area contributed by atoms with Crippen LogP contribution in [0.1, 0.15) is 0 Å². The van der Waals surface area contributed by atoms with Gasteiger partial charge in [0.05, 0.1) is 28.6 Å². The van der Waals surface area contributed by atoms with Crippen LogP contribution in [0.15, 0.2) is 73.1 Å². The number of aromatic nitrogens is 2. The van der Waals surface area contributed by atoms with Crippen LogP contribution >= 0.6 is 0 Å². The van der Waals surface area contributed by atoms with Gasteiger partial charge in [-0.25, -0.2) is 4.79 Å². The Bertz CT molecular complexity index is 1040. The van der Waals surface area contributed by atoms with Crippen molar-refractivity contribution in [2.45, 2.75) is 0 Å². The van der Waals surface area contributed by atoms with E-state index in [4.69, 9.17) is 0 Å². The zero-order valence-electron chi connectivity index (χ0n) is 12.7. The fraction of sp³-hybridized carbons (Fsp3) is 0. The second-order valence-electron chi connectivity index (χ2n) is 5.37. The van der Waals surface area contributed by atoms with Crippen molar-refractivity contribution in [2.75, 3.05) is 10.6 Å². The highest BCUT2D eigenvalue weighted by atomic mass is 16.2. The van der Waals surface area contributed by atoms with Crippen LogP contribution in [0.25, 0.3) is 21.8 Å². The number of benzene rings is 2. The van der Waals surface area contributed by atoms with Gasteiger partial charge in [0.15, 0.2) is 0 Å². The van der Waals surface area contributed by atoms with Gasteiger partial charge in [0.1, 0.15) is 0 Å². The number of urea groups is 1. The van der Waals surface area contributed by atoms with Gasteiger partial charge in [-0.1, -0.05) is 36.4 Å². The van der Waals surface area contributed by atoms with Crippen LogP contribution in [0.2, 0.25) is 0 Å². The summed E-state index contributed by atoms with van der Waals surface area (Å²) in [5.41, 5.74) is 3.09. The molecule has 0 aliphatic heterocycles. The molecular weight excluding hydrogens is 300 g/mol. The second-order valence-corrected chi connectivity index (χ2v) is 5.37. The van der Waals surface area contributed by atoms with Crippen molar-refractivity contribution in [2.24, 2.45) is 0 Å². The molecule has 2 aromatic heterocycles. The summed E-state index contributed by atoms with van der Waals surface area (Å²) < 4.78 is 0. The molecule has 0 unspecified atom stereocenters. The molecule has 2 aromatic carbocycles. The lowest BCUT2D eigenvalue weighted by Crippen LogP contribution is -2.19. The highest BCUT2D eigenvalue weighted by Crippen LogP contribution is 2.21. The van der Waals surface area contributed by atoms with Gasteiger partial charge in [-0.05, 0) is 24.3 Å². The number of fused-ring (bicyclic) bond motifs is 2. The summed E-state index contributed by atoms with van der Waals surface area (Å²) in [4.78, 5) is 20.9. The van der Waals surface area contributed by atoms with E-state index in [1.165, 1.54) is 0 Å². The minimum atomic E-state index is -0.316. The lowest BCUT2D eigenvalue weighted by molar-refractivity contribution is 0.262. The maximum Gasteiger partial charge on any atom is 0.323 e. The van der Waals surface area contributed by atoms with E-state index < -0.39 is 0 Å². The van der Waals surface area contributed by atoms with Crippen LogP contribution in [0.3, 0.4) is 0 Å². The third-order valence-electron chi connectivity index (χ3n) is 3.75. The number of hydrogen-bond donors (Lipinski definition) is 2. The van der Waals surface area contributed by atoms with Crippen molar-refractivity contribution in [1.82, 2.24) is 9.97 Å². The summed E-state index contributed by atoms with van der Waals surface area (Å²) in [6, 6.07) is 18.8. The number of nitrogens with zero attached hydrogens (tertiary/aromatic N) is 2. The van der Waals surface area contributed by atoms with Crippen LogP contribution in [-0.4, -0.2) is 16.0 Å². The Morgan fingerprint density at radius 1 is 0.833 bits per heavy atom. The van der Waals surface area contributed by atoms with Crippen molar-refractivity contribution in [1.29, 1.82) is 0 Å². The first-order chi connectivity index (χ1) is 11.8. The molecule has 24 heavy (non-hydrogen) atoms. The maximum atomic E-state index is 12.3. The van der Waals surface area contributed by atoms with Gasteiger partial charge in [0.25, 0.3) is 0 Å². The number of nitrogens with one attached hydrogen (secondary N) is 2. The Labute approximate surface area is 138 Å². The number of pyridine rings is 2. The number of amides is 2. The second kappa shape index (κ2) is 5.96. The van der Waals surface area contributed by atoms with Crippen molar-refractivity contribution in [3.63, 3.8) is 0 Å². The quantitative estimate of drug-likeness (QED) is 0.575. The Balaban J connectivity index is 1.57. The summed E-state index contributed by atoms with van der Waals surface area (Å²) in [5.74, 6) is 0. The fourth-order valence-corrected chi connectivity index (χ4v) is 2.63. The molecule has 0 atom stereocenters. The molecule has 0 fully saturated rings. The zero-order chi connectivity index (χ0) is 16.4. The maximum absolute atomic E-state index is 12.3. The van der Waals surface area contributed by atoms with E-state index >= 15 is 0 Å². The van der Waals surface area contributed by atoms with Crippen LogP contribution in [0.5, 0.6) is 0 Å². The Morgan fingerprint density at radius 3 is 2.54 bits per heavy atom. The zero-order valence-corrected chi connectivity index (χ0v) is 12.7. The number of rotatable bonds is 2. The highest BCUT2D eigenvalue weighted by Gasteiger charge is 2.07. The molecule has 5 nitrogen and oxygen atoms in total. The van der Waals surface area contributed by atoms with Crippen molar-refractivity contribution >= 4 is 39.2 Å². The van der Waals surface area contributed by atoms with E-state index in [9.17, 15) is 4.79 Å². The Hall–Kier alpha value is -3.47. The molecule has 2 N–H and O–H groups in total. The van der Waals surface area contributed by atoms with E-state index in [0.29, 0.717) is 11.4 Å². The fourth-order valence-electron chi connectivity index (χ4n) is 2.63. The normalized spacial score (nSPS) is 10.7. The van der Waals surface area contributed by atoms with Gasteiger partial charge in [-0.15, -0.1) is 0 Å². The van der Waals surface area contributed by atoms with E-state index in [2.05, 4.69) is 20.6 Å². The van der Waals surface area contributed by atoms with Crippen LogP contribution in [0, 0.1) is 0 Å². The molecule has 116 valence electrons. The molecule has 0 aliphatic rings. The summed E-state index contributed by atoms with van der Waals surface area (Å²) in [6.07, 6.45) is 3.32. The third kappa shape index (κ3) is 2.75. The molecule has 0 bridgehead atoms. The molecule has 2 heterocycles. The average Bonchev–Trinajstić information content (AvgIpc) is 2.62. The van der Waals surface area contributed by atoms with Gasteiger partial charge >= 0.3 is 6.03 Å². The van der Waals surface area contributed by atoms with Gasteiger partial charge in [-0.2, -0.15) is 0 Å². The highest BCUT2D eigenvalue weighted by molar-refractivity contribution is 6.05. The lowest BCUT2D eigenvalue weighted by Gasteiger charge is -2.10. The van der Waals surface area contributed by atoms with E-state index in [-0.39, 0.29) is 6.03 Å². The van der Waals surface area contributed by atoms with E-state index in [1.54, 1.807) is 18.5 Å². The molecule has 4 rings (SSSR count). The standard InChI is InChI=1S/C19H14N4O/c24-19(22-14-11-13-5-1-3-7-16(13)21-12-14)23-18-9-10-20-17-8-4-2-6-15(17)18/h1-12H,(H2,20,22,23,24). The predicted molar refractivity (Wildman–Crippen MR) is 96.1 cm³/mol. The topological polar surface area (TPSA) is 66.9 Å². The lowest BCUT2D eigenvalue weighted by atomic mass is 10.2. The smallest absolute Gasteiger partial charge is 0.307 e. The predicted octanol–water partition coefficient (Wildman–Crippen LogP) is 4.43. The largest absolute Gasteiger partial charge is 0.323 e. The van der Waals surface area contributed by atoms with Gasteiger partial charge in [0, 0.05) is 17.0 Å². The molecule has 0 saturated heterocycles. The van der Waals surface area contributed by atoms with Crippen LogP contribution in [0.4, 0.5) is 16.2 Å². The average molecular weight is 314 g/mol. The molecule has 0 aliphatic carbocycles. The van der Waals surface area contributed by atoms with Crippen LogP contribution in [-0.2, 0) is 0 Å². The Morgan fingerprint density at radius 2 is 1.62 bits per heavy atom. The first kappa shape index (κ1) is 14.1. The number of anilines is 2. The number of carbonyl (C=O) groups is 1. The summed E-state index contributed by atoms with van der Waals surface area (Å²) in [7, 11) is 0. The molecule has 0 radical (unpaired) electrons. The molecule has 2 amide bonds. The molecule has 5 heteroatoms. The molecule has 4 aromatic rings. The van der Waals surface area contributed by atoms with E-state index in [0.717, 1.165) is 21.8 Å². The third-order valence-corrected chi connectivity index (χ3v) is 3.75. The van der Waals surface area contributed by atoms with Gasteiger partial charge in [0.2, 0.25) is 0 Å². The van der Waals surface area contributed by atoms with E-state index in [1.807, 2.05) is 54.6 Å². The number of carbonyl (C=O) groups excluding carboxylic acids is 1. The first-order valence-corrected chi connectivity index (χ1v) is 7.56. The van der Waals surface area contributed by atoms with Gasteiger partial charge < -0.3 is 10.6 Å². The number of para-hydroxylation sites is 2. The molecule has 0 saturated carbocycles. The summed E-state index contributed by atoms with van der Waals surface area (Å²) in [6.45, 7) is 0. The van der Waals surface area contributed by atoms with Crippen molar-refractivity contribution in [3.8, 4) is 0 Å². The van der Waals surface area contributed by atoms with Crippen LogP contribution < -0.4 is 10.6 Å². The monoisotopic (exact) mass is 314 g/mol. The molecular formula is C19H14N4O. The minimum absolute atomic E-state index is 0.316. The SMILES string of the molecule is O=C(Nc1cnc2ccccc2c1)Nc1ccnc2ccccc12. The van der Waals surface area contributed by atoms with Crippen molar-refractivity contribution in [3.05, 3.63) is 73.1 Å². The minimum Gasteiger partial charge on any atom is -0.307 e.